The number of nitriles is 2. The predicted molar refractivity (Wildman–Crippen MR) is 45.8 cm³/mol. The summed E-state index contributed by atoms with van der Waals surface area (Å²) in [6.45, 7) is 3.55. The number of rotatable bonds is 1. The van der Waals surface area contributed by atoms with E-state index in [-0.39, 0.29) is 0 Å². The maximum Gasteiger partial charge on any atom is 0.0991 e. The van der Waals surface area contributed by atoms with Crippen molar-refractivity contribution in [1.82, 2.24) is 0 Å². The molecule has 1 aromatic rings. The molecule has 0 N–H and O–H groups in total. The highest BCUT2D eigenvalue weighted by molar-refractivity contribution is 5.75. The van der Waals surface area contributed by atoms with E-state index in [1.54, 1.807) is 24.3 Å². The fraction of sp³-hybridized carbons (Fsp3) is 0. The Morgan fingerprint density at radius 2 is 2.08 bits per heavy atom. The first kappa shape index (κ1) is 8.04. The monoisotopic (exact) mass is 154 g/mol. The van der Waals surface area contributed by atoms with E-state index in [1.165, 1.54) is 0 Å². The molecular weight excluding hydrogens is 148 g/mol. The molecule has 0 saturated carbocycles. The Hall–Kier alpha value is -2.06. The van der Waals surface area contributed by atoms with E-state index in [2.05, 4.69) is 6.58 Å². The first-order valence-corrected chi connectivity index (χ1v) is 3.37. The summed E-state index contributed by atoms with van der Waals surface area (Å²) in [6, 6.07) is 10.7. The second kappa shape index (κ2) is 3.37. The third kappa shape index (κ3) is 1.51. The van der Waals surface area contributed by atoms with Gasteiger partial charge in [0, 0.05) is 0 Å². The molecule has 0 radical (unpaired) electrons. The summed E-state index contributed by atoms with van der Waals surface area (Å²) >= 11 is 0. The largest absolute Gasteiger partial charge is 0.192 e. The summed E-state index contributed by atoms with van der Waals surface area (Å²) in [5, 5.41) is 17.1. The molecule has 0 unspecified atom stereocenters. The molecule has 2 nitrogen and oxygen atoms in total. The first-order valence-electron chi connectivity index (χ1n) is 3.37. The number of nitrogens with zero attached hydrogens (tertiary/aromatic N) is 2. The molecule has 0 fully saturated rings. The summed E-state index contributed by atoms with van der Waals surface area (Å²) < 4.78 is 0. The standard InChI is InChI=1S/C10H6N2/c1-8(6-11)10-4-2-3-9(5-10)7-12/h2-5H,1H2. The third-order valence-corrected chi connectivity index (χ3v) is 1.48. The normalized spacial score (nSPS) is 8.17. The van der Waals surface area contributed by atoms with Gasteiger partial charge in [-0.1, -0.05) is 18.7 Å². The van der Waals surface area contributed by atoms with Crippen LogP contribution in [0, 0.1) is 22.7 Å². The minimum absolute atomic E-state index is 0.382. The highest BCUT2D eigenvalue weighted by atomic mass is 14.2. The molecule has 0 amide bonds. The van der Waals surface area contributed by atoms with Crippen LogP contribution >= 0.6 is 0 Å². The van der Waals surface area contributed by atoms with Crippen molar-refractivity contribution in [2.75, 3.05) is 0 Å². The van der Waals surface area contributed by atoms with Crippen molar-refractivity contribution in [2.45, 2.75) is 0 Å². The average molecular weight is 154 g/mol. The lowest BCUT2D eigenvalue weighted by atomic mass is 10.1. The summed E-state index contributed by atoms with van der Waals surface area (Å²) in [5.41, 5.74) is 1.63. The first-order chi connectivity index (χ1) is 5.77. The quantitative estimate of drug-likeness (QED) is 0.581. The zero-order chi connectivity index (χ0) is 8.97. The molecule has 2 heteroatoms. The van der Waals surface area contributed by atoms with Crippen LogP contribution in [-0.4, -0.2) is 0 Å². The van der Waals surface area contributed by atoms with Gasteiger partial charge in [-0.15, -0.1) is 0 Å². The predicted octanol–water partition coefficient (Wildman–Crippen LogP) is 2.10. The molecule has 12 heavy (non-hydrogen) atoms. The van der Waals surface area contributed by atoms with E-state index < -0.39 is 0 Å². The van der Waals surface area contributed by atoms with E-state index in [0.717, 1.165) is 0 Å². The van der Waals surface area contributed by atoms with Crippen LogP contribution in [0.25, 0.3) is 5.57 Å². The van der Waals surface area contributed by atoms with Gasteiger partial charge < -0.3 is 0 Å². The second-order valence-corrected chi connectivity index (χ2v) is 2.28. The van der Waals surface area contributed by atoms with Crippen LogP contribution in [0.4, 0.5) is 0 Å². The number of allylic oxidation sites excluding steroid dienone is 1. The van der Waals surface area contributed by atoms with Crippen molar-refractivity contribution < 1.29 is 0 Å². The molecule has 0 saturated heterocycles. The van der Waals surface area contributed by atoms with E-state index in [0.29, 0.717) is 16.7 Å². The van der Waals surface area contributed by atoms with Gasteiger partial charge in [-0.3, -0.25) is 0 Å². The van der Waals surface area contributed by atoms with Crippen LogP contribution in [0.2, 0.25) is 0 Å². The van der Waals surface area contributed by atoms with Crippen molar-refractivity contribution >= 4 is 5.57 Å². The molecule has 0 atom stereocenters. The molecule has 0 heterocycles. The van der Waals surface area contributed by atoms with Gasteiger partial charge in [-0.25, -0.2) is 0 Å². The van der Waals surface area contributed by atoms with Crippen LogP contribution < -0.4 is 0 Å². The summed E-state index contributed by atoms with van der Waals surface area (Å²) in [4.78, 5) is 0. The second-order valence-electron chi connectivity index (χ2n) is 2.28. The van der Waals surface area contributed by atoms with Crippen LogP contribution in [0.1, 0.15) is 11.1 Å². The lowest BCUT2D eigenvalue weighted by Crippen LogP contribution is -1.80. The van der Waals surface area contributed by atoms with Gasteiger partial charge >= 0.3 is 0 Å². The van der Waals surface area contributed by atoms with Gasteiger partial charge in [-0.2, -0.15) is 10.5 Å². The van der Waals surface area contributed by atoms with Gasteiger partial charge in [0.05, 0.1) is 23.3 Å². The summed E-state index contributed by atoms with van der Waals surface area (Å²) in [7, 11) is 0. The number of hydrogen-bond acceptors (Lipinski definition) is 2. The van der Waals surface area contributed by atoms with Gasteiger partial charge in [-0.05, 0) is 17.7 Å². The topological polar surface area (TPSA) is 47.6 Å². The maximum absolute atomic E-state index is 8.55. The SMILES string of the molecule is C=C(C#N)c1cccc(C#N)c1. The molecule has 0 aromatic heterocycles. The minimum Gasteiger partial charge on any atom is -0.192 e. The fourth-order valence-corrected chi connectivity index (χ4v) is 0.841. The molecule has 1 rings (SSSR count). The van der Waals surface area contributed by atoms with E-state index >= 15 is 0 Å². The molecular formula is C10H6N2. The summed E-state index contributed by atoms with van der Waals surface area (Å²) in [5.74, 6) is 0. The third-order valence-electron chi connectivity index (χ3n) is 1.48. The molecule has 0 aliphatic rings. The molecule has 1 aromatic carbocycles. The molecule has 56 valence electrons. The Kier molecular flexibility index (Phi) is 2.26. The van der Waals surface area contributed by atoms with Gasteiger partial charge in [0.25, 0.3) is 0 Å². The van der Waals surface area contributed by atoms with Crippen molar-refractivity contribution in [2.24, 2.45) is 0 Å². The smallest absolute Gasteiger partial charge is 0.0991 e. The molecule has 0 aliphatic carbocycles. The molecule has 0 bridgehead atoms. The molecule has 0 spiro atoms. The highest BCUT2D eigenvalue weighted by Gasteiger charge is 1.97. The highest BCUT2D eigenvalue weighted by Crippen LogP contribution is 2.12. The lowest BCUT2D eigenvalue weighted by molar-refractivity contribution is 1.47. The lowest BCUT2D eigenvalue weighted by Gasteiger charge is -1.95. The van der Waals surface area contributed by atoms with Crippen LogP contribution in [0.3, 0.4) is 0 Å². The average Bonchev–Trinajstić information content (AvgIpc) is 2.17. The van der Waals surface area contributed by atoms with Crippen molar-refractivity contribution in [3.63, 3.8) is 0 Å². The Balaban J connectivity index is 3.14. The van der Waals surface area contributed by atoms with Crippen LogP contribution in [0.15, 0.2) is 30.8 Å². The van der Waals surface area contributed by atoms with Gasteiger partial charge in [0.15, 0.2) is 0 Å². The van der Waals surface area contributed by atoms with E-state index in [4.69, 9.17) is 10.5 Å². The maximum atomic E-state index is 8.55. The zero-order valence-corrected chi connectivity index (χ0v) is 6.41. The number of hydrogen-bond donors (Lipinski definition) is 0. The Morgan fingerprint density at radius 1 is 1.33 bits per heavy atom. The van der Waals surface area contributed by atoms with Crippen molar-refractivity contribution in [3.05, 3.63) is 42.0 Å². The fourth-order valence-electron chi connectivity index (χ4n) is 0.841. The Bertz CT molecular complexity index is 391. The van der Waals surface area contributed by atoms with Gasteiger partial charge in [0.2, 0.25) is 0 Å². The van der Waals surface area contributed by atoms with Crippen molar-refractivity contribution in [1.29, 1.82) is 10.5 Å². The van der Waals surface area contributed by atoms with E-state index in [9.17, 15) is 0 Å². The van der Waals surface area contributed by atoms with Crippen LogP contribution in [0.5, 0.6) is 0 Å². The van der Waals surface area contributed by atoms with Gasteiger partial charge in [0.1, 0.15) is 0 Å². The minimum atomic E-state index is 0.382. The van der Waals surface area contributed by atoms with Crippen molar-refractivity contribution in [3.8, 4) is 12.1 Å². The molecule has 0 aliphatic heterocycles. The van der Waals surface area contributed by atoms with Crippen LogP contribution in [-0.2, 0) is 0 Å². The zero-order valence-electron chi connectivity index (χ0n) is 6.41. The van der Waals surface area contributed by atoms with E-state index in [1.807, 2.05) is 12.1 Å². The Morgan fingerprint density at radius 3 is 2.67 bits per heavy atom. The summed E-state index contributed by atoms with van der Waals surface area (Å²) in [6.07, 6.45) is 0. The number of benzene rings is 1. The Labute approximate surface area is 71.0 Å².